The lowest BCUT2D eigenvalue weighted by Gasteiger charge is -2.34. The Morgan fingerprint density at radius 3 is 2.86 bits per heavy atom. The fourth-order valence-electron chi connectivity index (χ4n) is 2.07. The van der Waals surface area contributed by atoms with Crippen LogP contribution in [0.2, 0.25) is 0 Å². The quantitative estimate of drug-likeness (QED) is 0.662. The minimum absolute atomic E-state index is 0.0321. The second kappa shape index (κ2) is 5.32. The number of piperidine rings is 1. The number of hydrogen-bond donors (Lipinski definition) is 1. The van der Waals surface area contributed by atoms with Crippen molar-refractivity contribution in [2.24, 2.45) is 11.7 Å². The first-order chi connectivity index (χ1) is 6.67. The molecule has 4 heteroatoms. The highest BCUT2D eigenvalue weighted by atomic mass is 16.5. The zero-order chi connectivity index (χ0) is 10.6. The van der Waals surface area contributed by atoms with Gasteiger partial charge in [0.1, 0.15) is 0 Å². The van der Waals surface area contributed by atoms with E-state index in [0.29, 0.717) is 0 Å². The van der Waals surface area contributed by atoms with E-state index in [0.717, 1.165) is 32.5 Å². The standard InChI is InChI=1S/C10H20N2O2/c1-3-4-12-6-8(10(13)14-2)5-9(11)7-12/h8-9H,3-7,11H2,1-2H3. The maximum atomic E-state index is 11.4. The van der Waals surface area contributed by atoms with Crippen LogP contribution in [0.3, 0.4) is 0 Å². The highest BCUT2D eigenvalue weighted by Gasteiger charge is 2.29. The Hall–Kier alpha value is -0.610. The molecule has 0 amide bonds. The van der Waals surface area contributed by atoms with Crippen LogP contribution in [0.4, 0.5) is 0 Å². The SMILES string of the molecule is CCCN1CC(N)CC(C(=O)OC)C1. The van der Waals surface area contributed by atoms with Crippen LogP contribution in [-0.2, 0) is 9.53 Å². The Balaban J connectivity index is 2.49. The summed E-state index contributed by atoms with van der Waals surface area (Å²) in [5.41, 5.74) is 5.89. The van der Waals surface area contributed by atoms with Crippen LogP contribution in [0.5, 0.6) is 0 Å². The summed E-state index contributed by atoms with van der Waals surface area (Å²) in [5.74, 6) is -0.156. The van der Waals surface area contributed by atoms with E-state index in [9.17, 15) is 4.79 Å². The van der Waals surface area contributed by atoms with Crippen molar-refractivity contribution in [1.29, 1.82) is 0 Å². The molecule has 1 aliphatic rings. The van der Waals surface area contributed by atoms with Crippen LogP contribution in [0, 0.1) is 5.92 Å². The molecule has 0 saturated carbocycles. The largest absolute Gasteiger partial charge is 0.469 e. The molecule has 0 aromatic carbocycles. The third kappa shape index (κ3) is 2.96. The van der Waals surface area contributed by atoms with Crippen LogP contribution in [0.1, 0.15) is 19.8 Å². The minimum Gasteiger partial charge on any atom is -0.469 e. The maximum absolute atomic E-state index is 11.4. The van der Waals surface area contributed by atoms with Crippen LogP contribution < -0.4 is 5.73 Å². The third-order valence-corrected chi connectivity index (χ3v) is 2.63. The Morgan fingerprint density at radius 1 is 1.57 bits per heavy atom. The zero-order valence-corrected chi connectivity index (χ0v) is 9.03. The number of esters is 1. The lowest BCUT2D eigenvalue weighted by atomic mass is 9.95. The smallest absolute Gasteiger partial charge is 0.310 e. The van der Waals surface area contributed by atoms with Gasteiger partial charge in [0.05, 0.1) is 13.0 Å². The Morgan fingerprint density at radius 2 is 2.29 bits per heavy atom. The summed E-state index contributed by atoms with van der Waals surface area (Å²) < 4.78 is 4.74. The highest BCUT2D eigenvalue weighted by Crippen LogP contribution is 2.17. The van der Waals surface area contributed by atoms with Crippen LogP contribution in [0.25, 0.3) is 0 Å². The summed E-state index contributed by atoms with van der Waals surface area (Å²) in [6, 6.07) is 0.111. The van der Waals surface area contributed by atoms with Gasteiger partial charge in [-0.05, 0) is 19.4 Å². The van der Waals surface area contributed by atoms with Crippen LogP contribution in [0.15, 0.2) is 0 Å². The maximum Gasteiger partial charge on any atom is 0.310 e. The van der Waals surface area contributed by atoms with Crippen molar-refractivity contribution in [3.05, 3.63) is 0 Å². The number of methoxy groups -OCH3 is 1. The molecule has 1 heterocycles. The number of carbonyl (C=O) groups excluding carboxylic acids is 1. The van der Waals surface area contributed by atoms with Gasteiger partial charge in [-0.1, -0.05) is 6.92 Å². The summed E-state index contributed by atoms with van der Waals surface area (Å²) in [5, 5.41) is 0. The van der Waals surface area contributed by atoms with Gasteiger partial charge in [-0.15, -0.1) is 0 Å². The van der Waals surface area contributed by atoms with Gasteiger partial charge in [0, 0.05) is 19.1 Å². The molecule has 2 atom stereocenters. The molecule has 1 rings (SSSR count). The molecule has 0 radical (unpaired) electrons. The Bertz CT molecular complexity index is 197. The fourth-order valence-corrected chi connectivity index (χ4v) is 2.07. The Kier molecular flexibility index (Phi) is 4.35. The van der Waals surface area contributed by atoms with Crippen molar-refractivity contribution in [2.45, 2.75) is 25.8 Å². The van der Waals surface area contributed by atoms with Gasteiger partial charge in [-0.25, -0.2) is 0 Å². The van der Waals surface area contributed by atoms with Crippen LogP contribution >= 0.6 is 0 Å². The summed E-state index contributed by atoms with van der Waals surface area (Å²) in [7, 11) is 1.44. The number of carbonyl (C=O) groups is 1. The van der Waals surface area contributed by atoms with E-state index >= 15 is 0 Å². The average molecular weight is 200 g/mol. The molecule has 2 N–H and O–H groups in total. The van der Waals surface area contributed by atoms with Crippen molar-refractivity contribution in [1.82, 2.24) is 4.90 Å². The monoisotopic (exact) mass is 200 g/mol. The molecule has 1 aliphatic heterocycles. The van der Waals surface area contributed by atoms with E-state index < -0.39 is 0 Å². The van der Waals surface area contributed by atoms with E-state index in [2.05, 4.69) is 11.8 Å². The molecule has 4 nitrogen and oxygen atoms in total. The first-order valence-electron chi connectivity index (χ1n) is 5.23. The van der Waals surface area contributed by atoms with Crippen molar-refractivity contribution < 1.29 is 9.53 Å². The molecule has 0 bridgehead atoms. The van der Waals surface area contributed by atoms with Crippen molar-refractivity contribution in [2.75, 3.05) is 26.7 Å². The fraction of sp³-hybridized carbons (Fsp3) is 0.900. The second-order valence-electron chi connectivity index (χ2n) is 3.98. The van der Waals surface area contributed by atoms with Crippen LogP contribution in [-0.4, -0.2) is 43.7 Å². The second-order valence-corrected chi connectivity index (χ2v) is 3.98. The minimum atomic E-state index is -0.124. The van der Waals surface area contributed by atoms with E-state index in [1.165, 1.54) is 7.11 Å². The zero-order valence-electron chi connectivity index (χ0n) is 9.03. The molecule has 1 fully saturated rings. The Labute approximate surface area is 85.4 Å². The lowest BCUT2D eigenvalue weighted by molar-refractivity contribution is -0.147. The van der Waals surface area contributed by atoms with E-state index in [1.54, 1.807) is 0 Å². The first kappa shape index (κ1) is 11.5. The normalized spacial score (nSPS) is 28.8. The number of ether oxygens (including phenoxy) is 1. The van der Waals surface area contributed by atoms with Gasteiger partial charge in [-0.3, -0.25) is 4.79 Å². The molecular formula is C10H20N2O2. The average Bonchev–Trinajstić information content (AvgIpc) is 2.16. The summed E-state index contributed by atoms with van der Waals surface area (Å²) in [4.78, 5) is 13.6. The van der Waals surface area contributed by atoms with Gasteiger partial charge < -0.3 is 15.4 Å². The van der Waals surface area contributed by atoms with Crippen molar-refractivity contribution in [3.8, 4) is 0 Å². The molecule has 14 heavy (non-hydrogen) atoms. The number of nitrogens with zero attached hydrogens (tertiary/aromatic N) is 1. The van der Waals surface area contributed by atoms with Gasteiger partial charge >= 0.3 is 5.97 Å². The third-order valence-electron chi connectivity index (χ3n) is 2.63. The van der Waals surface area contributed by atoms with Crippen molar-refractivity contribution >= 4 is 5.97 Å². The van der Waals surface area contributed by atoms with E-state index in [-0.39, 0.29) is 17.9 Å². The summed E-state index contributed by atoms with van der Waals surface area (Å²) in [6.45, 7) is 4.85. The molecule has 0 spiro atoms. The molecule has 2 unspecified atom stereocenters. The molecule has 0 aromatic rings. The summed E-state index contributed by atoms with van der Waals surface area (Å²) in [6.07, 6.45) is 1.85. The molecule has 82 valence electrons. The predicted molar refractivity (Wildman–Crippen MR) is 54.8 cm³/mol. The van der Waals surface area contributed by atoms with Gasteiger partial charge in [0.25, 0.3) is 0 Å². The van der Waals surface area contributed by atoms with Crippen molar-refractivity contribution in [3.63, 3.8) is 0 Å². The highest BCUT2D eigenvalue weighted by molar-refractivity contribution is 5.72. The van der Waals surface area contributed by atoms with Gasteiger partial charge in [0.2, 0.25) is 0 Å². The first-order valence-corrected chi connectivity index (χ1v) is 5.23. The van der Waals surface area contributed by atoms with E-state index in [4.69, 9.17) is 10.5 Å². The molecular weight excluding hydrogens is 180 g/mol. The topological polar surface area (TPSA) is 55.6 Å². The number of likely N-dealkylation sites (tertiary alicyclic amines) is 1. The molecule has 1 saturated heterocycles. The number of nitrogens with two attached hydrogens (primary N) is 1. The lowest BCUT2D eigenvalue weighted by Crippen LogP contribution is -2.49. The van der Waals surface area contributed by atoms with E-state index in [1.807, 2.05) is 0 Å². The number of hydrogen-bond acceptors (Lipinski definition) is 4. The summed E-state index contributed by atoms with van der Waals surface area (Å²) >= 11 is 0. The number of rotatable bonds is 3. The van der Waals surface area contributed by atoms with Gasteiger partial charge in [0.15, 0.2) is 0 Å². The predicted octanol–water partition coefficient (Wildman–Crippen LogP) is 0.219. The van der Waals surface area contributed by atoms with Gasteiger partial charge in [-0.2, -0.15) is 0 Å². The molecule has 0 aromatic heterocycles. The molecule has 0 aliphatic carbocycles.